The topological polar surface area (TPSA) is 62.2 Å². The lowest BCUT2D eigenvalue weighted by atomic mass is 10.0. The second-order valence-corrected chi connectivity index (χ2v) is 9.58. The van der Waals surface area contributed by atoms with Gasteiger partial charge in [-0.1, -0.05) is 66.6 Å². The number of rotatable bonds is 6. The Morgan fingerprint density at radius 2 is 1.60 bits per heavy atom. The highest BCUT2D eigenvalue weighted by Crippen LogP contribution is 2.18. The molecule has 35 heavy (non-hydrogen) atoms. The Morgan fingerprint density at radius 1 is 0.914 bits per heavy atom. The largest absolute Gasteiger partial charge is 0.363 e. The van der Waals surface area contributed by atoms with Gasteiger partial charge < -0.3 is 20.1 Å². The van der Waals surface area contributed by atoms with Crippen LogP contribution in [-0.4, -0.2) is 53.2 Å². The minimum Gasteiger partial charge on any atom is -0.363 e. The molecule has 0 unspecified atom stereocenters. The number of aryl methyl sites for hydroxylation is 1. The van der Waals surface area contributed by atoms with Crippen LogP contribution >= 0.6 is 0 Å². The van der Waals surface area contributed by atoms with E-state index in [0.717, 1.165) is 39.0 Å². The van der Waals surface area contributed by atoms with Gasteiger partial charge in [0.25, 0.3) is 5.56 Å². The van der Waals surface area contributed by atoms with E-state index in [2.05, 4.69) is 76.0 Å². The highest BCUT2D eigenvalue weighted by atomic mass is 16.1. The molecule has 0 aliphatic carbocycles. The summed E-state index contributed by atoms with van der Waals surface area (Å²) >= 11 is 0. The van der Waals surface area contributed by atoms with E-state index in [4.69, 9.17) is 0 Å². The molecule has 2 fully saturated rings. The summed E-state index contributed by atoms with van der Waals surface area (Å²) in [5.74, 6) is 0.507. The van der Waals surface area contributed by atoms with Crippen LogP contribution in [-0.2, 0) is 6.54 Å². The minimum absolute atomic E-state index is 0.0121. The predicted molar refractivity (Wildman–Crippen MR) is 145 cm³/mol. The third kappa shape index (κ3) is 7.77. The quantitative estimate of drug-likeness (QED) is 0.550. The Balaban J connectivity index is 0.000000189. The highest BCUT2D eigenvalue weighted by molar-refractivity contribution is 5.63. The summed E-state index contributed by atoms with van der Waals surface area (Å²) in [5.41, 5.74) is 3.88. The second-order valence-electron chi connectivity index (χ2n) is 9.58. The van der Waals surface area contributed by atoms with Crippen molar-refractivity contribution >= 4 is 5.82 Å². The van der Waals surface area contributed by atoms with E-state index >= 15 is 0 Å². The first-order valence-corrected chi connectivity index (χ1v) is 13.1. The van der Waals surface area contributed by atoms with Crippen molar-refractivity contribution in [3.63, 3.8) is 0 Å². The molecule has 0 atom stereocenters. The maximum Gasteiger partial charge on any atom is 0.293 e. The highest BCUT2D eigenvalue weighted by Gasteiger charge is 2.16. The molecule has 0 radical (unpaired) electrons. The molecule has 5 rings (SSSR count). The zero-order valence-corrected chi connectivity index (χ0v) is 21.0. The zero-order valence-electron chi connectivity index (χ0n) is 21.0. The van der Waals surface area contributed by atoms with Crippen molar-refractivity contribution < 1.29 is 0 Å². The Bertz CT molecular complexity index is 1070. The van der Waals surface area contributed by atoms with Crippen molar-refractivity contribution in [1.29, 1.82) is 0 Å². The number of piperidine rings is 2. The number of hydrogen-bond acceptors (Lipinski definition) is 5. The van der Waals surface area contributed by atoms with Crippen LogP contribution in [0.2, 0.25) is 0 Å². The van der Waals surface area contributed by atoms with E-state index in [1.165, 1.54) is 49.0 Å². The molecule has 0 saturated carbocycles. The lowest BCUT2D eigenvalue weighted by Crippen LogP contribution is -2.38. The lowest BCUT2D eigenvalue weighted by molar-refractivity contribution is 0.220. The number of aromatic nitrogens is 2. The molecule has 3 aromatic rings. The molecule has 2 saturated heterocycles. The van der Waals surface area contributed by atoms with Crippen molar-refractivity contribution in [2.45, 2.75) is 51.6 Å². The molecule has 0 amide bonds. The molecule has 0 bridgehead atoms. The Kier molecular flexibility index (Phi) is 9.49. The molecule has 186 valence electrons. The first kappa shape index (κ1) is 25.1. The molecule has 2 aliphatic rings. The number of nitrogens with one attached hydrogen (secondary N) is 2. The van der Waals surface area contributed by atoms with Gasteiger partial charge in [-0.15, -0.1) is 0 Å². The van der Waals surface area contributed by atoms with Gasteiger partial charge in [0.05, 0.1) is 0 Å². The minimum atomic E-state index is 0.0121. The van der Waals surface area contributed by atoms with Crippen LogP contribution in [0.15, 0.2) is 71.8 Å². The van der Waals surface area contributed by atoms with Gasteiger partial charge in [0.1, 0.15) is 0 Å². The number of hydrogen-bond donors (Lipinski definition) is 2. The number of benzene rings is 2. The maximum absolute atomic E-state index is 12.5. The summed E-state index contributed by atoms with van der Waals surface area (Å²) in [5, 5.41) is 6.66. The van der Waals surface area contributed by atoms with Gasteiger partial charge in [-0.05, 0) is 69.9 Å². The van der Waals surface area contributed by atoms with E-state index in [-0.39, 0.29) is 5.56 Å². The Labute approximate surface area is 209 Å². The fourth-order valence-corrected chi connectivity index (χ4v) is 4.69. The van der Waals surface area contributed by atoms with Gasteiger partial charge in [0.2, 0.25) is 0 Å². The average Bonchev–Trinajstić information content (AvgIpc) is 2.92. The normalized spacial score (nSPS) is 16.8. The van der Waals surface area contributed by atoms with Crippen LogP contribution < -0.4 is 16.2 Å². The lowest BCUT2D eigenvalue weighted by Gasteiger charge is -2.26. The van der Waals surface area contributed by atoms with Crippen LogP contribution in [0, 0.1) is 6.92 Å². The summed E-state index contributed by atoms with van der Waals surface area (Å²) in [6, 6.07) is 19.4. The molecular formula is C29H39N5O. The number of likely N-dealkylation sites (tertiary alicyclic amines) is 1. The van der Waals surface area contributed by atoms with E-state index in [9.17, 15) is 4.79 Å². The third-order valence-corrected chi connectivity index (χ3v) is 6.86. The van der Waals surface area contributed by atoms with Gasteiger partial charge >= 0.3 is 0 Å². The van der Waals surface area contributed by atoms with Crippen LogP contribution in [0.25, 0.3) is 11.1 Å². The van der Waals surface area contributed by atoms with Crippen molar-refractivity contribution in [1.82, 2.24) is 19.8 Å². The maximum atomic E-state index is 12.5. The number of nitrogens with zero attached hydrogens (tertiary/aromatic N) is 3. The van der Waals surface area contributed by atoms with Gasteiger partial charge in [-0.25, -0.2) is 4.98 Å². The van der Waals surface area contributed by atoms with Gasteiger partial charge in [-0.2, -0.15) is 0 Å². The van der Waals surface area contributed by atoms with Gasteiger partial charge in [-0.3, -0.25) is 4.79 Å². The van der Waals surface area contributed by atoms with Crippen LogP contribution in [0.4, 0.5) is 5.82 Å². The molecule has 2 N–H and O–H groups in total. The summed E-state index contributed by atoms with van der Waals surface area (Å²) in [6.07, 6.45) is 9.55. The molecule has 6 heteroatoms. The fourth-order valence-electron chi connectivity index (χ4n) is 4.69. The number of anilines is 1. The summed E-state index contributed by atoms with van der Waals surface area (Å²) in [7, 11) is 0. The summed E-state index contributed by atoms with van der Waals surface area (Å²) in [4.78, 5) is 19.2. The van der Waals surface area contributed by atoms with Crippen molar-refractivity contribution in [2.24, 2.45) is 0 Å². The first-order valence-electron chi connectivity index (χ1n) is 13.1. The smallest absolute Gasteiger partial charge is 0.293 e. The molecule has 2 aromatic carbocycles. The van der Waals surface area contributed by atoms with Crippen LogP contribution in [0.3, 0.4) is 0 Å². The molecular weight excluding hydrogens is 434 g/mol. The van der Waals surface area contributed by atoms with Crippen molar-refractivity contribution in [2.75, 3.05) is 38.0 Å². The van der Waals surface area contributed by atoms with Crippen LogP contribution in [0.5, 0.6) is 0 Å². The Morgan fingerprint density at radius 3 is 2.31 bits per heavy atom. The zero-order chi connectivity index (χ0) is 24.3. The SMILES string of the molecule is Cc1ccc(-c2ccccc2)cc1.O=c1c(NC2CCNCC2)nccn1CCN1CCCCC1. The van der Waals surface area contributed by atoms with E-state index in [0.29, 0.717) is 11.9 Å². The molecule has 1 aromatic heterocycles. The fraction of sp³-hybridized carbons (Fsp3) is 0.448. The summed E-state index contributed by atoms with van der Waals surface area (Å²) in [6.45, 7) is 8.16. The standard InChI is InChI=1S/C16H27N5O.C13H12/c22-16-15(19-14-4-6-17-7-5-14)18-8-11-21(16)13-12-20-9-2-1-3-10-20;1-11-7-9-13(10-8-11)12-5-3-2-4-6-12/h8,11,14,17H,1-7,9-10,12-13H2,(H,18,19);2-10H,1H3. The molecule has 6 nitrogen and oxygen atoms in total. The summed E-state index contributed by atoms with van der Waals surface area (Å²) < 4.78 is 1.80. The molecule has 2 aliphatic heterocycles. The van der Waals surface area contributed by atoms with Crippen LogP contribution in [0.1, 0.15) is 37.7 Å². The van der Waals surface area contributed by atoms with E-state index in [1.54, 1.807) is 17.0 Å². The van der Waals surface area contributed by atoms with Crippen molar-refractivity contribution in [3.05, 3.63) is 82.9 Å². The predicted octanol–water partition coefficient (Wildman–Crippen LogP) is 4.56. The average molecular weight is 474 g/mol. The molecule has 0 spiro atoms. The van der Waals surface area contributed by atoms with E-state index in [1.807, 2.05) is 6.07 Å². The van der Waals surface area contributed by atoms with E-state index < -0.39 is 0 Å². The molecule has 3 heterocycles. The second kappa shape index (κ2) is 13.2. The van der Waals surface area contributed by atoms with Gasteiger partial charge in [0, 0.05) is 31.5 Å². The third-order valence-electron chi connectivity index (χ3n) is 6.86. The Hall–Kier alpha value is -2.96. The first-order chi connectivity index (χ1) is 17.2. The monoisotopic (exact) mass is 473 g/mol. The van der Waals surface area contributed by atoms with Crippen molar-refractivity contribution in [3.8, 4) is 11.1 Å². The van der Waals surface area contributed by atoms with Gasteiger partial charge in [0.15, 0.2) is 5.82 Å².